The molecule has 0 aromatic rings. The van der Waals surface area contributed by atoms with Gasteiger partial charge in [-0.05, 0) is 24.7 Å². The van der Waals surface area contributed by atoms with Crippen LogP contribution in [0.2, 0.25) is 0 Å². The molecular formula is C20H24O10. The Kier molecular flexibility index (Phi) is 2.97. The summed E-state index contributed by atoms with van der Waals surface area (Å²) in [6.07, 6.45) is -6.91. The molecule has 10 nitrogen and oxygen atoms in total. The fraction of sp³-hybridized carbons (Fsp3) is 0.850. The summed E-state index contributed by atoms with van der Waals surface area (Å²) in [5.74, 6) is -4.32. The number of carbonyl (C=O) groups is 3. The molecular weight excluding hydrogens is 400 g/mol. The molecule has 0 radical (unpaired) electrons. The van der Waals surface area contributed by atoms with E-state index >= 15 is 0 Å². The normalized spacial score (nSPS) is 60.1. The van der Waals surface area contributed by atoms with Gasteiger partial charge in [0.2, 0.25) is 11.9 Å². The highest BCUT2D eigenvalue weighted by Crippen LogP contribution is 2.84. The molecule has 0 amide bonds. The number of fused-ring (bicyclic) bond motifs is 1. The van der Waals surface area contributed by atoms with Gasteiger partial charge in [0, 0.05) is 0 Å². The van der Waals surface area contributed by atoms with Gasteiger partial charge in [0.15, 0.2) is 17.8 Å². The highest BCUT2D eigenvalue weighted by Gasteiger charge is 3.03. The second kappa shape index (κ2) is 4.69. The van der Waals surface area contributed by atoms with Crippen molar-refractivity contribution in [1.82, 2.24) is 0 Å². The number of hydrogen-bond acceptors (Lipinski definition) is 10. The Labute approximate surface area is 171 Å². The van der Waals surface area contributed by atoms with E-state index in [1.165, 1.54) is 6.92 Å². The average molecular weight is 424 g/mol. The van der Waals surface area contributed by atoms with Crippen LogP contribution in [0.1, 0.15) is 34.1 Å². The van der Waals surface area contributed by atoms with E-state index in [4.69, 9.17) is 18.9 Å². The number of aliphatic hydroxyl groups excluding tert-OH is 2. The predicted molar refractivity (Wildman–Crippen MR) is 92.0 cm³/mol. The monoisotopic (exact) mass is 424 g/mol. The van der Waals surface area contributed by atoms with Gasteiger partial charge >= 0.3 is 17.9 Å². The third-order valence-electron chi connectivity index (χ3n) is 9.00. The molecule has 4 heterocycles. The van der Waals surface area contributed by atoms with Crippen molar-refractivity contribution in [3.63, 3.8) is 0 Å². The molecule has 2 spiro atoms. The van der Waals surface area contributed by atoms with E-state index in [9.17, 15) is 29.7 Å². The molecule has 6 aliphatic rings. The molecule has 10 heteroatoms. The van der Waals surface area contributed by atoms with E-state index in [0.29, 0.717) is 0 Å². The van der Waals surface area contributed by atoms with Crippen LogP contribution in [-0.2, 0) is 33.3 Å². The van der Waals surface area contributed by atoms with E-state index < -0.39 is 87.9 Å². The second-order valence-electron chi connectivity index (χ2n) is 10.7. The van der Waals surface area contributed by atoms with Crippen LogP contribution >= 0.6 is 0 Å². The van der Waals surface area contributed by atoms with E-state index in [1.54, 1.807) is 0 Å². The van der Waals surface area contributed by atoms with Gasteiger partial charge in [-0.15, -0.1) is 0 Å². The van der Waals surface area contributed by atoms with Crippen molar-refractivity contribution >= 4 is 17.9 Å². The number of rotatable bonds is 0. The minimum Gasteiger partial charge on any atom is -0.459 e. The quantitative estimate of drug-likeness (QED) is 0.314. The van der Waals surface area contributed by atoms with Gasteiger partial charge in [-0.1, -0.05) is 20.8 Å². The lowest BCUT2D eigenvalue weighted by atomic mass is 9.51. The maximum absolute atomic E-state index is 13.4. The number of carbonyl (C=O) groups excluding carboxylic acids is 3. The predicted octanol–water partition coefficient (Wildman–Crippen LogP) is -1.37. The highest BCUT2D eigenvalue weighted by atomic mass is 16.8. The summed E-state index contributed by atoms with van der Waals surface area (Å²) in [6.45, 7) is 7.14. The van der Waals surface area contributed by atoms with Crippen LogP contribution in [0.4, 0.5) is 0 Å². The largest absolute Gasteiger partial charge is 0.459 e. The first-order valence-electron chi connectivity index (χ1n) is 10.2. The van der Waals surface area contributed by atoms with Crippen LogP contribution in [0.15, 0.2) is 0 Å². The Balaban J connectivity index is 1.72. The van der Waals surface area contributed by atoms with Crippen molar-refractivity contribution in [2.24, 2.45) is 28.1 Å². The fourth-order valence-electron chi connectivity index (χ4n) is 8.12. The van der Waals surface area contributed by atoms with E-state index in [-0.39, 0.29) is 6.42 Å². The number of aliphatic hydroxyl groups is 3. The molecule has 30 heavy (non-hydrogen) atoms. The second-order valence-corrected chi connectivity index (χ2v) is 10.7. The van der Waals surface area contributed by atoms with Crippen LogP contribution in [0.25, 0.3) is 0 Å². The third kappa shape index (κ3) is 1.33. The van der Waals surface area contributed by atoms with Crippen molar-refractivity contribution < 1.29 is 48.7 Å². The molecule has 0 aromatic heterocycles. The number of esters is 3. The number of ether oxygens (including phenoxy) is 4. The first kappa shape index (κ1) is 19.0. The molecule has 2 aliphatic carbocycles. The highest BCUT2D eigenvalue weighted by molar-refractivity contribution is 5.94. The van der Waals surface area contributed by atoms with Gasteiger partial charge in [0.05, 0.1) is 16.7 Å². The molecule has 6 rings (SSSR count). The van der Waals surface area contributed by atoms with Crippen LogP contribution in [0.3, 0.4) is 0 Å². The molecule has 11 atom stereocenters. The maximum Gasteiger partial charge on any atom is 0.343 e. The van der Waals surface area contributed by atoms with E-state index in [2.05, 4.69) is 0 Å². The third-order valence-corrected chi connectivity index (χ3v) is 9.00. The molecule has 0 aromatic carbocycles. The van der Waals surface area contributed by atoms with Gasteiger partial charge in [0.1, 0.15) is 12.2 Å². The summed E-state index contributed by atoms with van der Waals surface area (Å²) < 4.78 is 22.5. The Morgan fingerprint density at radius 2 is 1.70 bits per heavy atom. The van der Waals surface area contributed by atoms with Gasteiger partial charge in [-0.2, -0.15) is 0 Å². The minimum absolute atomic E-state index is 0.229. The Morgan fingerprint density at radius 1 is 1.03 bits per heavy atom. The molecule has 164 valence electrons. The SMILES string of the molecule is C[C@@H]1C(=O)O[C@@H]2[C@H](O)[C@]34[C@@H]5C[C@H](C(C)(C)C)[C@]36[C@H](OC(=O)[C@@H]6O)O[C@@]4(C(=O)O5)[C@@]12O. The zero-order chi connectivity index (χ0) is 21.8. The molecule has 4 saturated heterocycles. The van der Waals surface area contributed by atoms with Crippen molar-refractivity contribution in [2.45, 2.75) is 76.0 Å². The van der Waals surface area contributed by atoms with Gasteiger partial charge < -0.3 is 34.3 Å². The van der Waals surface area contributed by atoms with Gasteiger partial charge in [0.25, 0.3) is 0 Å². The summed E-state index contributed by atoms with van der Waals surface area (Å²) in [5.41, 5.74) is -8.26. The summed E-state index contributed by atoms with van der Waals surface area (Å²) in [6, 6.07) is 0. The van der Waals surface area contributed by atoms with Crippen LogP contribution < -0.4 is 0 Å². The summed E-state index contributed by atoms with van der Waals surface area (Å²) >= 11 is 0. The molecule has 6 fully saturated rings. The zero-order valence-corrected chi connectivity index (χ0v) is 16.9. The average Bonchev–Trinajstić information content (AvgIpc) is 3.35. The Morgan fingerprint density at radius 3 is 2.33 bits per heavy atom. The summed E-state index contributed by atoms with van der Waals surface area (Å²) in [5, 5.41) is 34.7. The van der Waals surface area contributed by atoms with E-state index in [1.807, 2.05) is 20.8 Å². The lowest BCUT2D eigenvalue weighted by Gasteiger charge is -2.47. The lowest BCUT2D eigenvalue weighted by Crippen LogP contribution is -2.67. The standard InChI is InChI=1S/C20H24O10/c1-6-12(23)28-11-9(21)18-8-5-7(16(2,3)4)17(18)10(22)13(24)29-15(17)30-20(18,14(25)27-8)19(6,11)26/h6-11,15,21-22,26H,5H2,1-4H3/t6-,7-,8+,9+,10+,11-,15-,17+,18-,19-,20-/m1/s1. The van der Waals surface area contributed by atoms with Crippen molar-refractivity contribution in [3.05, 3.63) is 0 Å². The van der Waals surface area contributed by atoms with Crippen LogP contribution in [0.5, 0.6) is 0 Å². The first-order valence-corrected chi connectivity index (χ1v) is 10.2. The zero-order valence-electron chi connectivity index (χ0n) is 16.9. The topological polar surface area (TPSA) is 149 Å². The van der Waals surface area contributed by atoms with Crippen molar-refractivity contribution in [2.75, 3.05) is 0 Å². The summed E-state index contributed by atoms with van der Waals surface area (Å²) in [4.78, 5) is 38.2. The minimum atomic E-state index is -2.24. The van der Waals surface area contributed by atoms with Crippen LogP contribution in [-0.4, -0.2) is 75.1 Å². The van der Waals surface area contributed by atoms with Crippen molar-refractivity contribution in [1.29, 1.82) is 0 Å². The molecule has 2 saturated carbocycles. The molecule has 0 unspecified atom stereocenters. The Bertz CT molecular complexity index is 925. The molecule has 3 N–H and O–H groups in total. The van der Waals surface area contributed by atoms with Crippen molar-refractivity contribution in [3.8, 4) is 0 Å². The van der Waals surface area contributed by atoms with Crippen LogP contribution in [0, 0.1) is 28.1 Å². The molecule has 4 aliphatic heterocycles. The van der Waals surface area contributed by atoms with Gasteiger partial charge in [-0.25, -0.2) is 9.59 Å². The number of hydrogen-bond donors (Lipinski definition) is 3. The Hall–Kier alpha value is -1.75. The van der Waals surface area contributed by atoms with E-state index in [0.717, 1.165) is 0 Å². The van der Waals surface area contributed by atoms with Gasteiger partial charge in [-0.3, -0.25) is 4.79 Å². The summed E-state index contributed by atoms with van der Waals surface area (Å²) in [7, 11) is 0. The first-order chi connectivity index (χ1) is 13.8. The smallest absolute Gasteiger partial charge is 0.343 e. The maximum atomic E-state index is 13.4. The fourth-order valence-corrected chi connectivity index (χ4v) is 8.12. The molecule has 0 bridgehead atoms. The lowest BCUT2D eigenvalue weighted by molar-refractivity contribution is -0.239.